The van der Waals surface area contributed by atoms with Crippen LogP contribution in [0.2, 0.25) is 0 Å². The third-order valence-corrected chi connectivity index (χ3v) is 3.21. The van der Waals surface area contributed by atoms with Gasteiger partial charge in [-0.1, -0.05) is 6.07 Å². The van der Waals surface area contributed by atoms with Gasteiger partial charge in [-0.2, -0.15) is 0 Å². The molecule has 0 saturated carbocycles. The van der Waals surface area contributed by atoms with Crippen LogP contribution in [-0.4, -0.2) is 29.2 Å². The first-order chi connectivity index (χ1) is 8.61. The molecule has 0 bridgehead atoms. The first-order valence-electron chi connectivity index (χ1n) is 6.02. The number of anilines is 1. The summed E-state index contributed by atoms with van der Waals surface area (Å²) >= 11 is 0. The lowest BCUT2D eigenvalue weighted by molar-refractivity contribution is -0.384. The van der Waals surface area contributed by atoms with Gasteiger partial charge in [-0.15, -0.1) is 0 Å². The van der Waals surface area contributed by atoms with Crippen LogP contribution in [0.4, 0.5) is 11.4 Å². The molecule has 1 heterocycles. The van der Waals surface area contributed by atoms with E-state index in [2.05, 4.69) is 0 Å². The van der Waals surface area contributed by atoms with Gasteiger partial charge >= 0.3 is 0 Å². The van der Waals surface area contributed by atoms with Gasteiger partial charge in [0, 0.05) is 25.7 Å². The van der Waals surface area contributed by atoms with Crippen molar-refractivity contribution in [3.8, 4) is 0 Å². The first-order valence-corrected chi connectivity index (χ1v) is 6.02. The Morgan fingerprint density at radius 1 is 1.56 bits per heavy atom. The van der Waals surface area contributed by atoms with Crippen molar-refractivity contribution in [1.29, 1.82) is 0 Å². The van der Waals surface area contributed by atoms with Crippen molar-refractivity contribution >= 4 is 11.4 Å². The van der Waals surface area contributed by atoms with E-state index in [4.69, 9.17) is 5.73 Å². The smallest absolute Gasteiger partial charge is 0.292 e. The van der Waals surface area contributed by atoms with Gasteiger partial charge in [0.25, 0.3) is 5.69 Å². The highest BCUT2D eigenvalue weighted by atomic mass is 16.6. The molecule has 3 N–H and O–H groups in total. The van der Waals surface area contributed by atoms with Crippen molar-refractivity contribution in [2.45, 2.75) is 25.5 Å². The zero-order valence-corrected chi connectivity index (χ0v) is 10.1. The van der Waals surface area contributed by atoms with Gasteiger partial charge in [0.1, 0.15) is 5.69 Å². The summed E-state index contributed by atoms with van der Waals surface area (Å²) in [5.74, 6) is 0. The summed E-state index contributed by atoms with van der Waals surface area (Å²) in [7, 11) is 0. The molecule has 1 aliphatic rings. The number of nitrogens with two attached hydrogens (primary N) is 1. The second-order valence-electron chi connectivity index (χ2n) is 4.53. The lowest BCUT2D eigenvalue weighted by Gasteiger charge is -2.31. The number of aliphatic hydroxyl groups excluding tert-OH is 1. The molecule has 1 aromatic carbocycles. The molecule has 1 aliphatic heterocycles. The number of nitrogens with zero attached hydrogens (tertiary/aromatic N) is 2. The average Bonchev–Trinajstić information content (AvgIpc) is 2.38. The number of piperidine rings is 1. The van der Waals surface area contributed by atoms with E-state index in [1.165, 1.54) is 6.07 Å². The molecule has 1 atom stereocenters. The standard InChI is InChI=1S/C12H17N3O3/c13-7-9-3-4-11(15(17)18)12(6-9)14-5-1-2-10(16)8-14/h3-4,6,10,16H,1-2,5,7-8,13H2/t10-/m0/s1. The van der Waals surface area contributed by atoms with Gasteiger partial charge in [-0.3, -0.25) is 10.1 Å². The zero-order valence-electron chi connectivity index (χ0n) is 10.1. The SMILES string of the molecule is NCc1ccc([N+](=O)[O-])c(N2CCC[C@H](O)C2)c1. The van der Waals surface area contributed by atoms with Crippen LogP contribution in [0.1, 0.15) is 18.4 Å². The molecule has 2 rings (SSSR count). The van der Waals surface area contributed by atoms with E-state index in [9.17, 15) is 15.2 Å². The Hall–Kier alpha value is -1.66. The van der Waals surface area contributed by atoms with Crippen LogP contribution in [0.3, 0.4) is 0 Å². The fourth-order valence-corrected chi connectivity index (χ4v) is 2.28. The second-order valence-corrected chi connectivity index (χ2v) is 4.53. The van der Waals surface area contributed by atoms with E-state index >= 15 is 0 Å². The minimum Gasteiger partial charge on any atom is -0.391 e. The minimum absolute atomic E-state index is 0.0706. The number of hydrogen-bond donors (Lipinski definition) is 2. The predicted octanol–water partition coefficient (Wildman–Crippen LogP) is 1.01. The maximum absolute atomic E-state index is 11.0. The van der Waals surface area contributed by atoms with Crippen LogP contribution in [0, 0.1) is 10.1 Å². The number of benzene rings is 1. The zero-order chi connectivity index (χ0) is 13.1. The highest BCUT2D eigenvalue weighted by Crippen LogP contribution is 2.31. The highest BCUT2D eigenvalue weighted by molar-refractivity contribution is 5.64. The van der Waals surface area contributed by atoms with E-state index < -0.39 is 11.0 Å². The first kappa shape index (κ1) is 12.8. The monoisotopic (exact) mass is 251 g/mol. The molecule has 18 heavy (non-hydrogen) atoms. The molecular formula is C12H17N3O3. The number of nitro groups is 1. The van der Waals surface area contributed by atoms with Crippen molar-refractivity contribution in [3.05, 3.63) is 33.9 Å². The van der Waals surface area contributed by atoms with E-state index in [-0.39, 0.29) is 5.69 Å². The van der Waals surface area contributed by atoms with Crippen molar-refractivity contribution in [2.24, 2.45) is 5.73 Å². The fraction of sp³-hybridized carbons (Fsp3) is 0.500. The maximum Gasteiger partial charge on any atom is 0.292 e. The van der Waals surface area contributed by atoms with E-state index in [1.54, 1.807) is 12.1 Å². The number of nitro benzene ring substituents is 1. The molecule has 1 aromatic rings. The van der Waals surface area contributed by atoms with Crippen molar-refractivity contribution in [2.75, 3.05) is 18.0 Å². The van der Waals surface area contributed by atoms with Crippen LogP contribution in [0.5, 0.6) is 0 Å². The summed E-state index contributed by atoms with van der Waals surface area (Å²) in [6.45, 7) is 1.52. The molecule has 1 saturated heterocycles. The summed E-state index contributed by atoms with van der Waals surface area (Å²) in [6, 6.07) is 4.90. The molecule has 6 heteroatoms. The van der Waals surface area contributed by atoms with Crippen LogP contribution in [0.25, 0.3) is 0 Å². The van der Waals surface area contributed by atoms with Gasteiger partial charge in [0.15, 0.2) is 0 Å². The van der Waals surface area contributed by atoms with Crippen LogP contribution in [-0.2, 0) is 6.54 Å². The molecule has 0 spiro atoms. The predicted molar refractivity (Wildman–Crippen MR) is 68.4 cm³/mol. The number of β-amino-alcohol motifs (C(OH)–C–C–N with tert-alkyl or cyclic N) is 1. The maximum atomic E-state index is 11.0. The van der Waals surface area contributed by atoms with Gasteiger partial charge in [-0.05, 0) is 24.5 Å². The van der Waals surface area contributed by atoms with E-state index in [1.807, 2.05) is 4.90 Å². The lowest BCUT2D eigenvalue weighted by atomic mass is 10.1. The molecule has 98 valence electrons. The summed E-state index contributed by atoms with van der Waals surface area (Å²) in [6.07, 6.45) is 1.17. The van der Waals surface area contributed by atoms with Crippen LogP contribution in [0.15, 0.2) is 18.2 Å². The number of aliphatic hydroxyl groups is 1. The molecule has 0 aliphatic carbocycles. The summed E-state index contributed by atoms with van der Waals surface area (Å²) in [5.41, 5.74) is 7.05. The Kier molecular flexibility index (Phi) is 3.78. The third kappa shape index (κ3) is 2.60. The van der Waals surface area contributed by atoms with Gasteiger partial charge in [-0.25, -0.2) is 0 Å². The Morgan fingerprint density at radius 3 is 2.94 bits per heavy atom. The quantitative estimate of drug-likeness (QED) is 0.618. The minimum atomic E-state index is -0.417. The third-order valence-electron chi connectivity index (χ3n) is 3.21. The molecule has 0 radical (unpaired) electrons. The van der Waals surface area contributed by atoms with Crippen molar-refractivity contribution < 1.29 is 10.0 Å². The molecule has 0 amide bonds. The normalized spacial score (nSPS) is 19.9. The largest absolute Gasteiger partial charge is 0.391 e. The molecule has 0 unspecified atom stereocenters. The Labute approximate surface area is 105 Å². The number of rotatable bonds is 3. The Morgan fingerprint density at radius 2 is 2.33 bits per heavy atom. The number of hydrogen-bond acceptors (Lipinski definition) is 5. The average molecular weight is 251 g/mol. The van der Waals surface area contributed by atoms with Gasteiger partial charge in [0.05, 0.1) is 11.0 Å². The Bertz CT molecular complexity index is 450. The topological polar surface area (TPSA) is 92.6 Å². The summed E-state index contributed by atoms with van der Waals surface area (Å²) < 4.78 is 0. The molecule has 6 nitrogen and oxygen atoms in total. The molecule has 1 fully saturated rings. The van der Waals surface area contributed by atoms with Gasteiger partial charge in [0.2, 0.25) is 0 Å². The molecule has 0 aromatic heterocycles. The van der Waals surface area contributed by atoms with Crippen molar-refractivity contribution in [1.82, 2.24) is 0 Å². The molecular weight excluding hydrogens is 234 g/mol. The summed E-state index contributed by atoms with van der Waals surface area (Å²) in [4.78, 5) is 12.5. The highest BCUT2D eigenvalue weighted by Gasteiger charge is 2.24. The second kappa shape index (κ2) is 5.32. The van der Waals surface area contributed by atoms with Crippen LogP contribution < -0.4 is 10.6 Å². The lowest BCUT2D eigenvalue weighted by Crippen LogP contribution is -2.38. The van der Waals surface area contributed by atoms with E-state index in [0.717, 1.165) is 24.9 Å². The van der Waals surface area contributed by atoms with Crippen LogP contribution >= 0.6 is 0 Å². The summed E-state index contributed by atoms with van der Waals surface area (Å²) in [5, 5.41) is 20.7. The Balaban J connectivity index is 2.36. The fourth-order valence-electron chi connectivity index (χ4n) is 2.28. The van der Waals surface area contributed by atoms with E-state index in [0.29, 0.717) is 18.8 Å². The van der Waals surface area contributed by atoms with Crippen molar-refractivity contribution in [3.63, 3.8) is 0 Å². The van der Waals surface area contributed by atoms with Gasteiger partial charge < -0.3 is 15.7 Å².